The van der Waals surface area contributed by atoms with E-state index in [0.29, 0.717) is 70.6 Å². The molecule has 32 heteroatoms. The molecule has 11 N–H and O–H groups in total. The molecule has 1 aromatic heterocycles. The number of Topliss-reactive ketones (excluding diaryl/α,β-unsaturated/α-hetero) is 2. The van der Waals surface area contributed by atoms with E-state index in [4.69, 9.17) is 5.11 Å². The fourth-order valence-corrected chi connectivity index (χ4v) is 13.4. The highest BCUT2D eigenvalue weighted by Gasteiger charge is 2.34. The number of fused-ring (bicyclic) bond motifs is 1. The van der Waals surface area contributed by atoms with Gasteiger partial charge in [0.05, 0.1) is 55.8 Å². The molecule has 3 aromatic carbocycles. The maximum Gasteiger partial charge on any atom is 0.326 e. The van der Waals surface area contributed by atoms with Crippen LogP contribution in [0.1, 0.15) is 138 Å². The van der Waals surface area contributed by atoms with Gasteiger partial charge in [-0.3, -0.25) is 77.1 Å². The lowest BCUT2D eigenvalue weighted by Crippen LogP contribution is -2.55. The highest BCUT2D eigenvalue weighted by atomic mass is 127. The first kappa shape index (κ1) is 84.1. The van der Waals surface area contributed by atoms with Crippen LogP contribution in [0.25, 0.3) is 10.8 Å². The van der Waals surface area contributed by atoms with Gasteiger partial charge in [-0.2, -0.15) is 0 Å². The van der Waals surface area contributed by atoms with Crippen LogP contribution in [0.2, 0.25) is 0 Å². The third kappa shape index (κ3) is 31.2. The quantitative estimate of drug-likeness (QED) is 0.0220. The summed E-state index contributed by atoms with van der Waals surface area (Å²) in [4.78, 5) is 172. The van der Waals surface area contributed by atoms with Gasteiger partial charge in [0.1, 0.15) is 17.9 Å². The van der Waals surface area contributed by atoms with Crippen molar-refractivity contribution in [3.05, 3.63) is 93.3 Å². The van der Waals surface area contributed by atoms with E-state index in [-0.39, 0.29) is 140 Å². The van der Waals surface area contributed by atoms with E-state index in [9.17, 15) is 93.0 Å². The van der Waals surface area contributed by atoms with Crippen LogP contribution in [-0.4, -0.2) is 251 Å². The van der Waals surface area contributed by atoms with Crippen LogP contribution in [0.4, 0.5) is 0 Å². The second kappa shape index (κ2) is 44.1. The smallest absolute Gasteiger partial charge is 0.326 e. The van der Waals surface area contributed by atoms with E-state index in [0.717, 1.165) is 31.9 Å². The van der Waals surface area contributed by atoms with E-state index in [1.165, 1.54) is 0 Å². The summed E-state index contributed by atoms with van der Waals surface area (Å²) < 4.78 is 2.71. The minimum atomic E-state index is -1.43. The second-order valence-electron chi connectivity index (χ2n) is 27.0. The van der Waals surface area contributed by atoms with E-state index in [2.05, 4.69) is 54.2 Å². The van der Waals surface area contributed by atoms with Crippen molar-refractivity contribution in [2.24, 2.45) is 17.8 Å². The van der Waals surface area contributed by atoms with Crippen molar-refractivity contribution >= 4 is 110 Å². The number of carbonyl (C=O) groups excluding carboxylic acids is 6. The Morgan fingerprint density at radius 3 is 1.62 bits per heavy atom. The van der Waals surface area contributed by atoms with Crippen LogP contribution in [0.3, 0.4) is 0 Å². The van der Waals surface area contributed by atoms with E-state index in [1.54, 1.807) is 30.5 Å². The molecule has 6 rings (SSSR count). The molecule has 1 saturated carbocycles. The SMILES string of the molecule is O=C(O)CCC(CC(=O)CC(CCCCCC(=O)C(Cc1ccc2ccccc2c1)NC(=O)C1CCC(n2cc(CC(NC(=O)CN3CCN(CC(=O)O)CCN(CC(=O)O)CCN(CC(=O)O)CC3)C(=O)NC(CCCCNC(=O)CCCc3ccc(I)cc3)C(=O)O)nn2)CC1)C(=O)O)C(=O)O. The van der Waals surface area contributed by atoms with Crippen LogP contribution >= 0.6 is 22.6 Å². The zero-order valence-corrected chi connectivity index (χ0v) is 60.6. The van der Waals surface area contributed by atoms with Crippen molar-refractivity contribution < 1.29 is 98.1 Å². The number of halogens is 1. The number of nitrogens with zero attached hydrogens (tertiary/aromatic N) is 7. The lowest BCUT2D eigenvalue weighted by molar-refractivity contribution is -0.146. The maximum absolute atomic E-state index is 14.4. The number of aryl methyl sites for hydroxylation is 1. The van der Waals surface area contributed by atoms with E-state index in [1.807, 2.05) is 66.7 Å². The highest BCUT2D eigenvalue weighted by Crippen LogP contribution is 2.33. The molecule has 2 heterocycles. The molecule has 4 amide bonds. The minimum absolute atomic E-state index is 0.0287. The number of nitrogens with one attached hydrogen (secondary N) is 4. The summed E-state index contributed by atoms with van der Waals surface area (Å²) in [5.74, 6) is -14.3. The lowest BCUT2D eigenvalue weighted by atomic mass is 9.85. The number of unbranched alkanes of at least 4 members (excludes halogenated alkanes) is 3. The summed E-state index contributed by atoms with van der Waals surface area (Å²) in [6.45, 7) is -0.319. The summed E-state index contributed by atoms with van der Waals surface area (Å²) in [6.07, 6.45) is 5.05. The van der Waals surface area contributed by atoms with Crippen molar-refractivity contribution in [2.45, 2.75) is 159 Å². The fraction of sp³-hybridized carbons (Fsp3) is 0.569. The summed E-state index contributed by atoms with van der Waals surface area (Å²) in [6, 6.07) is 17.5. The predicted octanol–water partition coefficient (Wildman–Crippen LogP) is 4.01. The molecule has 4 aromatic rings. The number of hydrogen-bond donors (Lipinski definition) is 11. The normalized spacial score (nSPS) is 17.3. The Bertz CT molecular complexity index is 3540. The second-order valence-corrected chi connectivity index (χ2v) is 28.2. The van der Waals surface area contributed by atoms with Gasteiger partial charge in [-0.25, -0.2) is 9.48 Å². The third-order valence-electron chi connectivity index (χ3n) is 18.9. The van der Waals surface area contributed by atoms with Crippen LogP contribution in [0.15, 0.2) is 72.9 Å². The Labute approximate surface area is 616 Å². The average Bonchev–Trinajstić information content (AvgIpc) is 1.28. The molecule has 104 heavy (non-hydrogen) atoms. The Balaban J connectivity index is 1.11. The summed E-state index contributed by atoms with van der Waals surface area (Å²) in [7, 11) is 0. The van der Waals surface area contributed by atoms with Gasteiger partial charge in [0, 0.05) is 113 Å². The Kier molecular flexibility index (Phi) is 35.6. The first-order valence-electron chi connectivity index (χ1n) is 35.5. The van der Waals surface area contributed by atoms with Gasteiger partial charge in [-0.15, -0.1) is 5.10 Å². The van der Waals surface area contributed by atoms with Crippen molar-refractivity contribution in [1.29, 1.82) is 0 Å². The number of amides is 4. The van der Waals surface area contributed by atoms with Crippen LogP contribution in [0, 0.1) is 21.3 Å². The number of aromatic nitrogens is 3. The number of rotatable bonds is 44. The molecule has 568 valence electrons. The van der Waals surface area contributed by atoms with Crippen LogP contribution in [0.5, 0.6) is 0 Å². The molecule has 0 spiro atoms. The van der Waals surface area contributed by atoms with Gasteiger partial charge < -0.3 is 57.0 Å². The maximum atomic E-state index is 14.4. The largest absolute Gasteiger partial charge is 0.481 e. The minimum Gasteiger partial charge on any atom is -0.481 e. The molecule has 2 fully saturated rings. The van der Waals surface area contributed by atoms with E-state index < -0.39 is 128 Å². The van der Waals surface area contributed by atoms with Gasteiger partial charge in [0.15, 0.2) is 5.78 Å². The number of ketones is 2. The van der Waals surface area contributed by atoms with Crippen LogP contribution < -0.4 is 21.3 Å². The summed E-state index contributed by atoms with van der Waals surface area (Å²) in [5.41, 5.74) is 2.16. The molecule has 5 unspecified atom stereocenters. The molecule has 2 aliphatic rings. The zero-order valence-electron chi connectivity index (χ0n) is 58.5. The van der Waals surface area contributed by atoms with Crippen molar-refractivity contribution in [2.75, 3.05) is 85.1 Å². The average molecular weight is 1560 g/mol. The molecular weight excluding hydrogens is 1470 g/mol. The summed E-state index contributed by atoms with van der Waals surface area (Å²) >= 11 is 2.22. The van der Waals surface area contributed by atoms with Gasteiger partial charge in [-0.1, -0.05) is 72.7 Å². The molecular formula is C72H98IN11O20. The number of benzene rings is 3. The van der Waals surface area contributed by atoms with Gasteiger partial charge in [0.2, 0.25) is 23.6 Å². The van der Waals surface area contributed by atoms with Crippen LogP contribution in [-0.2, 0) is 81.6 Å². The fourth-order valence-electron chi connectivity index (χ4n) is 13.0. The van der Waals surface area contributed by atoms with E-state index >= 15 is 0 Å². The molecule has 0 bridgehead atoms. The topological polar surface area (TPSA) is 455 Å². The zero-order chi connectivity index (χ0) is 75.7. The molecule has 31 nitrogen and oxygen atoms in total. The van der Waals surface area contributed by atoms with Gasteiger partial charge in [0.25, 0.3) is 0 Å². The van der Waals surface area contributed by atoms with Gasteiger partial charge in [-0.05, 0) is 140 Å². The molecule has 5 atom stereocenters. The third-order valence-corrected chi connectivity index (χ3v) is 19.6. The van der Waals surface area contributed by atoms with Crippen molar-refractivity contribution in [1.82, 2.24) is 55.9 Å². The number of aliphatic carboxylic acids is 7. The summed E-state index contributed by atoms with van der Waals surface area (Å²) in [5, 5.41) is 89.8. The number of hydrogen-bond acceptors (Lipinski definition) is 19. The lowest BCUT2D eigenvalue weighted by Gasteiger charge is -2.33. The highest BCUT2D eigenvalue weighted by molar-refractivity contribution is 14.1. The molecule has 1 aliphatic heterocycles. The predicted molar refractivity (Wildman–Crippen MR) is 385 cm³/mol. The Morgan fingerprint density at radius 2 is 1.05 bits per heavy atom. The molecule has 1 saturated heterocycles. The number of carbonyl (C=O) groups is 13. The monoisotopic (exact) mass is 1560 g/mol. The number of carboxylic acids is 7. The van der Waals surface area contributed by atoms with Crippen molar-refractivity contribution in [3.63, 3.8) is 0 Å². The molecule has 0 radical (unpaired) electrons. The Morgan fingerprint density at radius 1 is 0.490 bits per heavy atom. The first-order chi connectivity index (χ1) is 49.7. The molecule has 1 aliphatic carbocycles. The van der Waals surface area contributed by atoms with Gasteiger partial charge >= 0.3 is 41.8 Å². The first-order valence-corrected chi connectivity index (χ1v) is 36.5. The number of carboxylic acid groups (broad SMARTS) is 7. The standard InChI is InChI=1S/C72H98IN11O20/c73-54-23-17-47(18-24-54)9-8-15-62(87)74-28-7-6-13-58(72(103)104)76-69(98)60(75-63(88)43-80-29-31-81(44-65(91)92)33-35-83(46-67(95)96)36-34-82(32-30-80)45-66(93)94)41-55-42-84(79-78-55)56-25-20-50(21-26-56)68(97)77-59(38-48-16-19-49-10-4-5-11-51(49)37-48)61(86)14-3-1-2-12-52(70(99)100)39-57(85)40-53(71(101)102)22-27-64(89)90/h4-5,10-11,16-19,23-24,37,42,50,52-53,56,58-60H,1-3,6-9,12-15,20-22,25-36,38-41,43-46H2,(H,74,87)(H,75,88)(H,76,98)(H,77,97)(H,89,90)(H,91,92)(H,93,94)(H,95,96)(H,99,100)(H,101,102)(H,103,104). The van der Waals surface area contributed by atoms with Crippen molar-refractivity contribution in [3.8, 4) is 0 Å². The Hall–Kier alpha value is -8.86.